The fourth-order valence-electron chi connectivity index (χ4n) is 2.43. The Balaban J connectivity index is 1.60. The van der Waals surface area contributed by atoms with Gasteiger partial charge in [0.25, 0.3) is 6.43 Å². The molecule has 0 atom stereocenters. The number of benzene rings is 1. The van der Waals surface area contributed by atoms with Crippen LogP contribution in [0, 0.1) is 6.92 Å². The van der Waals surface area contributed by atoms with E-state index < -0.39 is 6.43 Å². The number of aryl methyl sites for hydroxylation is 1. The lowest BCUT2D eigenvalue weighted by Crippen LogP contribution is -2.20. The summed E-state index contributed by atoms with van der Waals surface area (Å²) in [5.41, 5.74) is 1.77. The minimum absolute atomic E-state index is 0.142. The first-order valence-corrected chi connectivity index (χ1v) is 8.59. The molecule has 6 nitrogen and oxygen atoms in total. The van der Waals surface area contributed by atoms with Gasteiger partial charge in [0.05, 0.1) is 18.4 Å². The van der Waals surface area contributed by atoms with Gasteiger partial charge in [-0.1, -0.05) is 28.1 Å². The van der Waals surface area contributed by atoms with Crippen LogP contribution in [0.4, 0.5) is 14.5 Å². The van der Waals surface area contributed by atoms with Gasteiger partial charge in [0.15, 0.2) is 0 Å². The SMILES string of the molecule is Cc1cc(C(F)F)nn1CC(=O)Nc1cnn(Cc2ccc(Br)cc2)c1. The van der Waals surface area contributed by atoms with Crippen LogP contribution in [0.1, 0.15) is 23.4 Å². The number of alkyl halides is 2. The molecule has 1 amide bonds. The summed E-state index contributed by atoms with van der Waals surface area (Å²) in [6.45, 7) is 2.05. The van der Waals surface area contributed by atoms with Gasteiger partial charge in [-0.3, -0.25) is 14.2 Å². The Kier molecular flexibility index (Phi) is 5.46. The Labute approximate surface area is 156 Å². The Morgan fingerprint density at radius 3 is 2.69 bits per heavy atom. The number of aromatic nitrogens is 4. The van der Waals surface area contributed by atoms with E-state index in [4.69, 9.17) is 0 Å². The second kappa shape index (κ2) is 7.77. The molecule has 3 aromatic rings. The summed E-state index contributed by atoms with van der Waals surface area (Å²) >= 11 is 3.39. The van der Waals surface area contributed by atoms with Gasteiger partial charge in [0.1, 0.15) is 12.2 Å². The molecule has 2 aromatic heterocycles. The van der Waals surface area contributed by atoms with Crippen molar-refractivity contribution < 1.29 is 13.6 Å². The zero-order valence-electron chi connectivity index (χ0n) is 13.9. The summed E-state index contributed by atoms with van der Waals surface area (Å²) in [4.78, 5) is 12.1. The van der Waals surface area contributed by atoms with Crippen molar-refractivity contribution in [2.75, 3.05) is 5.32 Å². The number of hydrogen-bond donors (Lipinski definition) is 1. The van der Waals surface area contributed by atoms with Crippen molar-refractivity contribution in [1.29, 1.82) is 0 Å². The molecular weight excluding hydrogens is 408 g/mol. The topological polar surface area (TPSA) is 64.7 Å². The predicted octanol–water partition coefficient (Wildman–Crippen LogP) is 3.78. The van der Waals surface area contributed by atoms with Gasteiger partial charge in [-0.05, 0) is 30.7 Å². The third kappa shape index (κ3) is 4.54. The van der Waals surface area contributed by atoms with E-state index in [-0.39, 0.29) is 18.1 Å². The molecule has 0 saturated carbocycles. The van der Waals surface area contributed by atoms with Gasteiger partial charge >= 0.3 is 0 Å². The summed E-state index contributed by atoms with van der Waals surface area (Å²) < 4.78 is 29.3. The van der Waals surface area contributed by atoms with E-state index >= 15 is 0 Å². The van der Waals surface area contributed by atoms with Gasteiger partial charge in [0.2, 0.25) is 5.91 Å². The fraction of sp³-hybridized carbons (Fsp3) is 0.235. The molecule has 0 radical (unpaired) electrons. The molecule has 0 aliphatic heterocycles. The van der Waals surface area contributed by atoms with E-state index in [0.29, 0.717) is 17.9 Å². The number of nitrogens with zero attached hydrogens (tertiary/aromatic N) is 4. The van der Waals surface area contributed by atoms with Crippen LogP contribution in [0.3, 0.4) is 0 Å². The van der Waals surface area contributed by atoms with Crippen molar-refractivity contribution in [3.8, 4) is 0 Å². The van der Waals surface area contributed by atoms with Crippen LogP contribution < -0.4 is 5.32 Å². The predicted molar refractivity (Wildman–Crippen MR) is 96.0 cm³/mol. The van der Waals surface area contributed by atoms with Crippen LogP contribution in [-0.2, 0) is 17.9 Å². The number of carbonyl (C=O) groups excluding carboxylic acids is 1. The van der Waals surface area contributed by atoms with Crippen molar-refractivity contribution >= 4 is 27.5 Å². The molecule has 0 spiro atoms. The number of rotatable bonds is 6. The molecule has 1 N–H and O–H groups in total. The minimum Gasteiger partial charge on any atom is -0.322 e. The maximum atomic E-state index is 12.7. The number of nitrogens with one attached hydrogen (secondary N) is 1. The lowest BCUT2D eigenvalue weighted by Gasteiger charge is -2.05. The highest BCUT2D eigenvalue weighted by Crippen LogP contribution is 2.18. The maximum absolute atomic E-state index is 12.7. The van der Waals surface area contributed by atoms with Gasteiger partial charge in [-0.15, -0.1) is 0 Å². The normalized spacial score (nSPS) is 11.1. The van der Waals surface area contributed by atoms with Gasteiger partial charge < -0.3 is 5.32 Å². The fourth-order valence-corrected chi connectivity index (χ4v) is 2.69. The average Bonchev–Trinajstić information content (AvgIpc) is 3.17. The van der Waals surface area contributed by atoms with E-state index in [1.807, 2.05) is 24.3 Å². The smallest absolute Gasteiger partial charge is 0.282 e. The molecule has 9 heteroatoms. The maximum Gasteiger partial charge on any atom is 0.282 e. The Hall–Kier alpha value is -2.55. The first kappa shape index (κ1) is 18.2. The van der Waals surface area contributed by atoms with Crippen LogP contribution >= 0.6 is 15.9 Å². The summed E-state index contributed by atoms with van der Waals surface area (Å²) in [5, 5.41) is 10.6. The number of amides is 1. The highest BCUT2D eigenvalue weighted by Gasteiger charge is 2.15. The molecular formula is C17H16BrF2N5O. The Morgan fingerprint density at radius 2 is 2.04 bits per heavy atom. The monoisotopic (exact) mass is 423 g/mol. The average molecular weight is 424 g/mol. The van der Waals surface area contributed by atoms with Crippen LogP contribution in [-0.4, -0.2) is 25.5 Å². The van der Waals surface area contributed by atoms with Crippen LogP contribution in [0.25, 0.3) is 0 Å². The molecule has 3 rings (SSSR count). The highest BCUT2D eigenvalue weighted by atomic mass is 79.9. The van der Waals surface area contributed by atoms with Crippen LogP contribution in [0.2, 0.25) is 0 Å². The largest absolute Gasteiger partial charge is 0.322 e. The molecule has 0 saturated heterocycles. The van der Waals surface area contributed by atoms with Crippen molar-refractivity contribution in [2.24, 2.45) is 0 Å². The Bertz CT molecular complexity index is 904. The van der Waals surface area contributed by atoms with Crippen molar-refractivity contribution in [1.82, 2.24) is 19.6 Å². The van der Waals surface area contributed by atoms with Crippen LogP contribution in [0.5, 0.6) is 0 Å². The minimum atomic E-state index is -2.66. The van der Waals surface area contributed by atoms with E-state index in [0.717, 1.165) is 10.0 Å². The molecule has 1 aromatic carbocycles. The zero-order valence-corrected chi connectivity index (χ0v) is 15.5. The molecule has 136 valence electrons. The standard InChI is InChI=1S/C17H16BrF2N5O/c1-11-6-15(17(19)20)23-25(11)10-16(26)22-14-7-21-24(9-14)8-12-2-4-13(18)5-3-12/h2-7,9,17H,8,10H2,1H3,(H,22,26). The third-order valence-corrected chi connectivity index (χ3v) is 4.22. The molecule has 0 aliphatic rings. The highest BCUT2D eigenvalue weighted by molar-refractivity contribution is 9.10. The number of halogens is 3. The first-order chi connectivity index (χ1) is 12.4. The molecule has 0 bridgehead atoms. The quantitative estimate of drug-likeness (QED) is 0.655. The summed E-state index contributed by atoms with van der Waals surface area (Å²) in [6, 6.07) is 9.12. The third-order valence-electron chi connectivity index (χ3n) is 3.69. The second-order valence-electron chi connectivity index (χ2n) is 5.77. The lowest BCUT2D eigenvalue weighted by molar-refractivity contribution is -0.117. The second-order valence-corrected chi connectivity index (χ2v) is 6.69. The number of carbonyl (C=O) groups is 1. The molecule has 0 unspecified atom stereocenters. The first-order valence-electron chi connectivity index (χ1n) is 7.80. The lowest BCUT2D eigenvalue weighted by atomic mass is 10.2. The molecule has 26 heavy (non-hydrogen) atoms. The summed E-state index contributed by atoms with van der Waals surface area (Å²) in [6.07, 6.45) is 0.590. The molecule has 0 fully saturated rings. The van der Waals surface area contributed by atoms with Gasteiger partial charge in [0, 0.05) is 16.4 Å². The van der Waals surface area contributed by atoms with Crippen molar-refractivity contribution in [3.63, 3.8) is 0 Å². The summed E-state index contributed by atoms with van der Waals surface area (Å²) in [5.74, 6) is -0.361. The van der Waals surface area contributed by atoms with Gasteiger partial charge in [-0.25, -0.2) is 8.78 Å². The summed E-state index contributed by atoms with van der Waals surface area (Å²) in [7, 11) is 0. The van der Waals surface area contributed by atoms with E-state index in [1.165, 1.54) is 16.9 Å². The van der Waals surface area contributed by atoms with E-state index in [9.17, 15) is 13.6 Å². The van der Waals surface area contributed by atoms with Crippen molar-refractivity contribution in [2.45, 2.75) is 26.4 Å². The van der Waals surface area contributed by atoms with Crippen LogP contribution in [0.15, 0.2) is 47.2 Å². The molecule has 2 heterocycles. The Morgan fingerprint density at radius 1 is 1.31 bits per heavy atom. The number of hydrogen-bond acceptors (Lipinski definition) is 3. The van der Waals surface area contributed by atoms with E-state index in [1.54, 1.807) is 17.8 Å². The van der Waals surface area contributed by atoms with E-state index in [2.05, 4.69) is 31.4 Å². The van der Waals surface area contributed by atoms with Crippen molar-refractivity contribution in [3.05, 3.63) is 64.1 Å². The van der Waals surface area contributed by atoms with Gasteiger partial charge in [-0.2, -0.15) is 10.2 Å². The zero-order chi connectivity index (χ0) is 18.7. The molecule has 0 aliphatic carbocycles. The number of anilines is 1.